The largest absolute Gasteiger partial charge is 0.330 e. The maximum atomic E-state index is 12.1. The quantitative estimate of drug-likeness (QED) is 0.441. The van der Waals surface area contributed by atoms with Gasteiger partial charge in [0.1, 0.15) is 0 Å². The molecule has 10 heavy (non-hydrogen) atoms. The predicted octanol–water partition coefficient (Wildman–Crippen LogP) is 0.966. The zero-order valence-corrected chi connectivity index (χ0v) is 5.36. The summed E-state index contributed by atoms with van der Waals surface area (Å²) < 4.78 is 24.2. The number of allylic oxidation sites excluding steroid dienone is 1. The number of carbonyl (C=O) groups excluding carboxylic acids is 2. The van der Waals surface area contributed by atoms with Crippen molar-refractivity contribution in [3.8, 4) is 0 Å². The van der Waals surface area contributed by atoms with Crippen LogP contribution in [0.5, 0.6) is 0 Å². The summed E-state index contributed by atoms with van der Waals surface area (Å²) in [5, 5.41) is 0. The van der Waals surface area contributed by atoms with Gasteiger partial charge in [-0.3, -0.25) is 9.59 Å². The molecule has 2 nitrogen and oxygen atoms in total. The number of hydrogen-bond acceptors (Lipinski definition) is 2. The predicted molar refractivity (Wildman–Crippen MR) is 30.8 cm³/mol. The summed E-state index contributed by atoms with van der Waals surface area (Å²) in [4.78, 5) is 20.3. The van der Waals surface area contributed by atoms with Gasteiger partial charge in [-0.1, -0.05) is 6.58 Å². The van der Waals surface area contributed by atoms with Crippen molar-refractivity contribution in [1.82, 2.24) is 0 Å². The lowest BCUT2D eigenvalue weighted by Crippen LogP contribution is -2.31. The van der Waals surface area contributed by atoms with E-state index in [9.17, 15) is 18.4 Å². The fourth-order valence-electron chi connectivity index (χ4n) is 0.327. The van der Waals surface area contributed by atoms with Crippen molar-refractivity contribution < 1.29 is 18.4 Å². The Labute approximate surface area is 56.5 Å². The molecule has 0 bridgehead atoms. The van der Waals surface area contributed by atoms with Crippen molar-refractivity contribution >= 4 is 11.6 Å². The fraction of sp³-hybridized carbons (Fsp3) is 0.333. The van der Waals surface area contributed by atoms with Gasteiger partial charge in [0.05, 0.1) is 0 Å². The standard InChI is InChI=1S/C6H6F2O2/c1-3-6(7,8)5(10)4(2)9/h3H,1H2,2H3. The van der Waals surface area contributed by atoms with Crippen LogP contribution in [-0.2, 0) is 9.59 Å². The Hall–Kier alpha value is -1.06. The molecule has 0 saturated heterocycles. The maximum Gasteiger partial charge on any atom is 0.330 e. The Kier molecular flexibility index (Phi) is 2.40. The maximum absolute atomic E-state index is 12.1. The third-order valence-electron chi connectivity index (χ3n) is 0.879. The minimum absolute atomic E-state index is 0.150. The highest BCUT2D eigenvalue weighted by molar-refractivity contribution is 6.39. The first-order valence-corrected chi connectivity index (χ1v) is 2.48. The topological polar surface area (TPSA) is 34.1 Å². The molecule has 0 aromatic carbocycles. The van der Waals surface area contributed by atoms with E-state index in [1.807, 2.05) is 0 Å². The third kappa shape index (κ3) is 1.72. The second-order valence-corrected chi connectivity index (χ2v) is 1.71. The Morgan fingerprint density at radius 1 is 1.50 bits per heavy atom. The molecule has 4 heteroatoms. The van der Waals surface area contributed by atoms with E-state index in [2.05, 4.69) is 6.58 Å². The van der Waals surface area contributed by atoms with E-state index in [0.29, 0.717) is 0 Å². The monoisotopic (exact) mass is 148 g/mol. The summed E-state index contributed by atoms with van der Waals surface area (Å²) in [5.74, 6) is -6.58. The summed E-state index contributed by atoms with van der Waals surface area (Å²) in [6, 6.07) is 0. The first-order chi connectivity index (χ1) is 4.41. The molecule has 0 fully saturated rings. The first kappa shape index (κ1) is 8.94. The molecular weight excluding hydrogens is 142 g/mol. The van der Waals surface area contributed by atoms with Crippen LogP contribution < -0.4 is 0 Å². The minimum atomic E-state index is -3.70. The van der Waals surface area contributed by atoms with Gasteiger partial charge in [-0.25, -0.2) is 0 Å². The molecule has 0 spiro atoms. The van der Waals surface area contributed by atoms with Gasteiger partial charge in [-0.05, 0) is 6.08 Å². The minimum Gasteiger partial charge on any atom is -0.291 e. The van der Waals surface area contributed by atoms with E-state index < -0.39 is 17.5 Å². The normalized spacial score (nSPS) is 10.7. The summed E-state index contributed by atoms with van der Waals surface area (Å²) in [5.41, 5.74) is 0. The Balaban J connectivity index is 4.49. The van der Waals surface area contributed by atoms with Crippen molar-refractivity contribution in [1.29, 1.82) is 0 Å². The van der Waals surface area contributed by atoms with Crippen molar-refractivity contribution in [2.75, 3.05) is 0 Å². The van der Waals surface area contributed by atoms with Crippen molar-refractivity contribution in [3.63, 3.8) is 0 Å². The van der Waals surface area contributed by atoms with Crippen molar-refractivity contribution in [2.24, 2.45) is 0 Å². The van der Waals surface area contributed by atoms with E-state index >= 15 is 0 Å². The van der Waals surface area contributed by atoms with Gasteiger partial charge in [0.15, 0.2) is 0 Å². The van der Waals surface area contributed by atoms with Crippen LogP contribution in [0.1, 0.15) is 6.92 Å². The first-order valence-electron chi connectivity index (χ1n) is 2.48. The summed E-state index contributed by atoms with van der Waals surface area (Å²) in [7, 11) is 0. The SMILES string of the molecule is C=CC(F)(F)C(=O)C(C)=O. The van der Waals surface area contributed by atoms with Gasteiger partial charge in [0, 0.05) is 6.92 Å². The molecule has 0 aliphatic carbocycles. The Bertz CT molecular complexity index is 184. The van der Waals surface area contributed by atoms with E-state index in [1.165, 1.54) is 0 Å². The van der Waals surface area contributed by atoms with E-state index in [-0.39, 0.29) is 6.08 Å². The highest BCUT2D eigenvalue weighted by atomic mass is 19.3. The van der Waals surface area contributed by atoms with Crippen LogP contribution in [0.15, 0.2) is 12.7 Å². The van der Waals surface area contributed by atoms with Gasteiger partial charge in [-0.15, -0.1) is 0 Å². The molecule has 0 rings (SSSR count). The van der Waals surface area contributed by atoms with Crippen LogP contribution in [0.3, 0.4) is 0 Å². The molecule has 56 valence electrons. The lowest BCUT2D eigenvalue weighted by Gasteiger charge is -2.05. The summed E-state index contributed by atoms with van der Waals surface area (Å²) in [6.07, 6.45) is 0.150. The molecule has 0 saturated carbocycles. The average molecular weight is 148 g/mol. The summed E-state index contributed by atoms with van der Waals surface area (Å²) in [6.45, 7) is 3.50. The molecule has 0 aliphatic rings. The number of halogens is 2. The van der Waals surface area contributed by atoms with E-state index in [0.717, 1.165) is 6.92 Å². The second-order valence-electron chi connectivity index (χ2n) is 1.71. The molecule has 0 heterocycles. The molecule has 0 amide bonds. The number of hydrogen-bond donors (Lipinski definition) is 0. The molecule has 0 atom stereocenters. The number of carbonyl (C=O) groups is 2. The number of rotatable bonds is 3. The van der Waals surface area contributed by atoms with E-state index in [4.69, 9.17) is 0 Å². The zero-order valence-electron chi connectivity index (χ0n) is 5.36. The lowest BCUT2D eigenvalue weighted by atomic mass is 10.1. The van der Waals surface area contributed by atoms with Crippen LogP contribution in [0.4, 0.5) is 8.78 Å². The molecule has 0 N–H and O–H groups in total. The van der Waals surface area contributed by atoms with Crippen LogP contribution in [0.2, 0.25) is 0 Å². The number of ketones is 2. The van der Waals surface area contributed by atoms with Gasteiger partial charge in [0.2, 0.25) is 5.78 Å². The van der Waals surface area contributed by atoms with Gasteiger partial charge >= 0.3 is 5.92 Å². The fourth-order valence-corrected chi connectivity index (χ4v) is 0.327. The van der Waals surface area contributed by atoms with Crippen LogP contribution in [0.25, 0.3) is 0 Å². The molecule has 0 radical (unpaired) electrons. The van der Waals surface area contributed by atoms with Crippen molar-refractivity contribution in [3.05, 3.63) is 12.7 Å². The van der Waals surface area contributed by atoms with Gasteiger partial charge < -0.3 is 0 Å². The average Bonchev–Trinajstić information content (AvgIpc) is 1.86. The molecule has 0 aliphatic heterocycles. The number of Topliss-reactive ketones (excluding diaryl/α,β-unsaturated/α-hetero) is 2. The molecule has 0 aromatic rings. The van der Waals surface area contributed by atoms with Gasteiger partial charge in [-0.2, -0.15) is 8.78 Å². The molecule has 0 unspecified atom stereocenters. The Morgan fingerprint density at radius 2 is 1.90 bits per heavy atom. The van der Waals surface area contributed by atoms with Gasteiger partial charge in [0.25, 0.3) is 5.78 Å². The molecule has 0 aromatic heterocycles. The van der Waals surface area contributed by atoms with Crippen molar-refractivity contribution in [2.45, 2.75) is 12.8 Å². The van der Waals surface area contributed by atoms with E-state index in [1.54, 1.807) is 0 Å². The third-order valence-corrected chi connectivity index (χ3v) is 0.879. The summed E-state index contributed by atoms with van der Waals surface area (Å²) >= 11 is 0. The Morgan fingerprint density at radius 3 is 2.00 bits per heavy atom. The lowest BCUT2D eigenvalue weighted by molar-refractivity contribution is -0.147. The second kappa shape index (κ2) is 2.68. The smallest absolute Gasteiger partial charge is 0.291 e. The molecular formula is C6H6F2O2. The van der Waals surface area contributed by atoms with Crippen LogP contribution in [-0.4, -0.2) is 17.5 Å². The van der Waals surface area contributed by atoms with Crippen LogP contribution in [0, 0.1) is 0 Å². The zero-order chi connectivity index (χ0) is 8.36. The van der Waals surface area contributed by atoms with Crippen LogP contribution >= 0.6 is 0 Å². The number of alkyl halides is 2. The highest BCUT2D eigenvalue weighted by Gasteiger charge is 2.37. The highest BCUT2D eigenvalue weighted by Crippen LogP contribution is 2.15.